The highest BCUT2D eigenvalue weighted by Gasteiger charge is 2.25. The Labute approximate surface area is 105 Å². The molecule has 2 aromatic rings. The van der Waals surface area contributed by atoms with Gasteiger partial charge in [0, 0.05) is 18.6 Å². The van der Waals surface area contributed by atoms with Crippen molar-refractivity contribution >= 4 is 11.3 Å². The largest absolute Gasteiger partial charge is 0.464 e. The third kappa shape index (κ3) is 1.96. The van der Waals surface area contributed by atoms with E-state index in [0.29, 0.717) is 6.61 Å². The molecule has 88 valence electrons. The Morgan fingerprint density at radius 1 is 1.41 bits per heavy atom. The second-order valence-corrected chi connectivity index (χ2v) is 4.78. The van der Waals surface area contributed by atoms with Crippen LogP contribution >= 0.6 is 11.3 Å². The van der Waals surface area contributed by atoms with Crippen molar-refractivity contribution in [3.05, 3.63) is 40.6 Å². The molecule has 0 radical (unpaired) electrons. The molecule has 0 amide bonds. The first-order valence-electron chi connectivity index (χ1n) is 5.81. The van der Waals surface area contributed by atoms with Crippen LogP contribution in [0, 0.1) is 0 Å². The zero-order valence-electron chi connectivity index (χ0n) is 9.68. The van der Waals surface area contributed by atoms with E-state index in [2.05, 4.69) is 22.9 Å². The maximum Gasteiger partial charge on any atom is 0.204 e. The molecule has 1 aliphatic rings. The van der Waals surface area contributed by atoms with Crippen molar-refractivity contribution in [2.45, 2.75) is 19.6 Å². The van der Waals surface area contributed by atoms with Gasteiger partial charge in [-0.1, -0.05) is 12.1 Å². The zero-order chi connectivity index (χ0) is 11.7. The zero-order valence-corrected chi connectivity index (χ0v) is 10.5. The Morgan fingerprint density at radius 2 is 2.35 bits per heavy atom. The van der Waals surface area contributed by atoms with Gasteiger partial charge >= 0.3 is 0 Å². The average Bonchev–Trinajstić information content (AvgIpc) is 2.97. The first-order valence-corrected chi connectivity index (χ1v) is 6.75. The molecule has 1 unspecified atom stereocenters. The second-order valence-electron chi connectivity index (χ2n) is 4.00. The molecule has 1 aromatic heterocycles. The van der Waals surface area contributed by atoms with Gasteiger partial charge in [0.05, 0.1) is 0 Å². The van der Waals surface area contributed by atoms with Crippen molar-refractivity contribution in [3.63, 3.8) is 0 Å². The highest BCUT2D eigenvalue weighted by atomic mass is 32.1. The van der Waals surface area contributed by atoms with E-state index in [9.17, 15) is 0 Å². The van der Waals surface area contributed by atoms with Crippen LogP contribution in [0.25, 0.3) is 11.1 Å². The molecule has 1 aliphatic heterocycles. The Kier molecular flexibility index (Phi) is 2.87. The summed E-state index contributed by atoms with van der Waals surface area (Å²) in [4.78, 5) is 0. The second kappa shape index (κ2) is 4.51. The first-order chi connectivity index (χ1) is 8.38. The van der Waals surface area contributed by atoms with Gasteiger partial charge in [0.1, 0.15) is 5.75 Å². The number of benzene rings is 1. The molecule has 0 saturated carbocycles. The minimum Gasteiger partial charge on any atom is -0.464 e. The lowest BCUT2D eigenvalue weighted by atomic mass is 10.0. The first kappa shape index (κ1) is 10.8. The maximum atomic E-state index is 5.77. The molecule has 0 saturated heterocycles. The Hall–Kier alpha value is -1.32. The Balaban J connectivity index is 1.97. The van der Waals surface area contributed by atoms with E-state index in [0.717, 1.165) is 12.2 Å². The van der Waals surface area contributed by atoms with Crippen molar-refractivity contribution in [2.24, 2.45) is 0 Å². The van der Waals surface area contributed by atoms with Crippen LogP contribution in [0.3, 0.4) is 0 Å². The summed E-state index contributed by atoms with van der Waals surface area (Å²) in [5, 5.41) is 4.27. The predicted octanol–water partition coefficient (Wildman–Crippen LogP) is 3.71. The molecular weight excluding hydrogens is 232 g/mol. The summed E-state index contributed by atoms with van der Waals surface area (Å²) in [6.07, 6.45) is 0.727. The van der Waals surface area contributed by atoms with Crippen LogP contribution in [0.2, 0.25) is 0 Å². The molecule has 0 spiro atoms. The van der Waals surface area contributed by atoms with Crippen LogP contribution in [0.5, 0.6) is 5.75 Å². The quantitative estimate of drug-likeness (QED) is 0.822. The van der Waals surface area contributed by atoms with E-state index in [1.807, 2.05) is 19.1 Å². The standard InChI is InChI=1S/C14H14O2S/c1-2-15-14-8-12-11(10-6-7-17-9-10)4-3-5-13(12)16-14/h3-7,9,14H,2,8H2,1H3. The fourth-order valence-corrected chi connectivity index (χ4v) is 2.86. The highest BCUT2D eigenvalue weighted by molar-refractivity contribution is 7.08. The van der Waals surface area contributed by atoms with E-state index in [4.69, 9.17) is 9.47 Å². The lowest BCUT2D eigenvalue weighted by Crippen LogP contribution is -2.17. The summed E-state index contributed by atoms with van der Waals surface area (Å²) in [5.74, 6) is 0.965. The third-order valence-electron chi connectivity index (χ3n) is 2.95. The third-order valence-corrected chi connectivity index (χ3v) is 3.63. The SMILES string of the molecule is CCOC1Cc2c(cccc2-c2ccsc2)O1. The van der Waals surface area contributed by atoms with E-state index in [1.165, 1.54) is 16.7 Å². The molecule has 17 heavy (non-hydrogen) atoms. The number of rotatable bonds is 3. The lowest BCUT2D eigenvalue weighted by molar-refractivity contribution is -0.0602. The summed E-state index contributed by atoms with van der Waals surface area (Å²) >= 11 is 1.72. The highest BCUT2D eigenvalue weighted by Crippen LogP contribution is 2.37. The molecule has 3 heteroatoms. The van der Waals surface area contributed by atoms with Gasteiger partial charge in [0.2, 0.25) is 6.29 Å². The van der Waals surface area contributed by atoms with Gasteiger partial charge in [-0.05, 0) is 40.9 Å². The number of thiophene rings is 1. The van der Waals surface area contributed by atoms with Gasteiger partial charge < -0.3 is 9.47 Å². The lowest BCUT2D eigenvalue weighted by Gasteiger charge is -2.08. The molecule has 0 bridgehead atoms. The Morgan fingerprint density at radius 3 is 3.12 bits per heavy atom. The Bertz CT molecular complexity index is 505. The van der Waals surface area contributed by atoms with Gasteiger partial charge in [-0.25, -0.2) is 0 Å². The van der Waals surface area contributed by atoms with Crippen LogP contribution in [0.15, 0.2) is 35.0 Å². The van der Waals surface area contributed by atoms with E-state index < -0.39 is 0 Å². The molecule has 2 nitrogen and oxygen atoms in total. The fraction of sp³-hybridized carbons (Fsp3) is 0.286. The van der Waals surface area contributed by atoms with E-state index in [1.54, 1.807) is 11.3 Å². The van der Waals surface area contributed by atoms with Gasteiger partial charge in [-0.2, -0.15) is 11.3 Å². The van der Waals surface area contributed by atoms with Crippen molar-refractivity contribution in [1.29, 1.82) is 0 Å². The molecule has 1 atom stereocenters. The summed E-state index contributed by atoms with van der Waals surface area (Å²) in [6.45, 7) is 2.68. The van der Waals surface area contributed by atoms with Crippen LogP contribution < -0.4 is 4.74 Å². The van der Waals surface area contributed by atoms with Gasteiger partial charge in [-0.15, -0.1) is 0 Å². The number of fused-ring (bicyclic) bond motifs is 1. The van der Waals surface area contributed by atoms with Crippen molar-refractivity contribution in [1.82, 2.24) is 0 Å². The summed E-state index contributed by atoms with van der Waals surface area (Å²) in [7, 11) is 0. The number of hydrogen-bond acceptors (Lipinski definition) is 3. The summed E-state index contributed by atoms with van der Waals surface area (Å²) < 4.78 is 11.3. The smallest absolute Gasteiger partial charge is 0.204 e. The fourth-order valence-electron chi connectivity index (χ4n) is 2.20. The van der Waals surface area contributed by atoms with Crippen LogP contribution in [0.4, 0.5) is 0 Å². The number of ether oxygens (including phenoxy) is 2. The molecule has 0 N–H and O–H groups in total. The molecule has 2 heterocycles. The van der Waals surface area contributed by atoms with Gasteiger partial charge in [-0.3, -0.25) is 0 Å². The van der Waals surface area contributed by atoms with Crippen molar-refractivity contribution in [2.75, 3.05) is 6.61 Å². The summed E-state index contributed by atoms with van der Waals surface area (Å²) in [6, 6.07) is 8.36. The molecule has 0 aliphatic carbocycles. The predicted molar refractivity (Wildman–Crippen MR) is 69.5 cm³/mol. The van der Waals surface area contributed by atoms with Gasteiger partial charge in [0.15, 0.2) is 0 Å². The maximum absolute atomic E-state index is 5.77. The van der Waals surface area contributed by atoms with Crippen LogP contribution in [-0.2, 0) is 11.2 Å². The normalized spacial score (nSPS) is 17.8. The van der Waals surface area contributed by atoms with Gasteiger partial charge in [0.25, 0.3) is 0 Å². The topological polar surface area (TPSA) is 18.5 Å². The van der Waals surface area contributed by atoms with Crippen LogP contribution in [-0.4, -0.2) is 12.9 Å². The minimum atomic E-state index is -0.116. The summed E-state index contributed by atoms with van der Waals surface area (Å²) in [5.41, 5.74) is 3.81. The van der Waals surface area contributed by atoms with Crippen molar-refractivity contribution < 1.29 is 9.47 Å². The van der Waals surface area contributed by atoms with Crippen molar-refractivity contribution in [3.8, 4) is 16.9 Å². The molecule has 1 aromatic carbocycles. The number of hydrogen-bond donors (Lipinski definition) is 0. The monoisotopic (exact) mass is 246 g/mol. The van der Waals surface area contributed by atoms with Crippen LogP contribution in [0.1, 0.15) is 12.5 Å². The molecule has 3 rings (SSSR count). The average molecular weight is 246 g/mol. The van der Waals surface area contributed by atoms with E-state index in [-0.39, 0.29) is 6.29 Å². The minimum absolute atomic E-state index is 0.116. The molecular formula is C14H14O2S. The van der Waals surface area contributed by atoms with E-state index >= 15 is 0 Å². The molecule has 0 fully saturated rings.